The normalized spacial score (nSPS) is 13.6. The number of hydrogen-bond acceptors (Lipinski definition) is 4. The first kappa shape index (κ1) is 13.5. The fourth-order valence-corrected chi connectivity index (χ4v) is 3.28. The highest BCUT2D eigenvalue weighted by molar-refractivity contribution is 7.15. The molecule has 5 heteroatoms. The minimum Gasteiger partial charge on any atom is -0.330 e. The number of rotatable bonds is 7. The maximum atomic E-state index is 11.7. The van der Waals surface area contributed by atoms with E-state index < -0.39 is 0 Å². The van der Waals surface area contributed by atoms with Crippen molar-refractivity contribution in [2.45, 2.75) is 51.4 Å². The van der Waals surface area contributed by atoms with E-state index in [4.69, 9.17) is 5.73 Å². The van der Waals surface area contributed by atoms with Crippen molar-refractivity contribution in [1.82, 2.24) is 4.98 Å². The summed E-state index contributed by atoms with van der Waals surface area (Å²) in [6.45, 7) is 0.747. The number of unbranched alkanes of at least 4 members (excludes halogenated alkanes) is 3. The fraction of sp³-hybridized carbons (Fsp3) is 0.692. The third-order valence-electron chi connectivity index (χ3n) is 3.20. The molecule has 1 aromatic heterocycles. The summed E-state index contributed by atoms with van der Waals surface area (Å²) in [5, 5.41) is 3.69. The van der Waals surface area contributed by atoms with Crippen LogP contribution in [0.5, 0.6) is 0 Å². The number of nitrogens with zero attached hydrogens (tertiary/aromatic N) is 1. The molecule has 0 bridgehead atoms. The lowest BCUT2D eigenvalue weighted by atomic mass is 10.1. The number of nitrogens with two attached hydrogens (primary N) is 1. The van der Waals surface area contributed by atoms with Crippen molar-refractivity contribution in [2.75, 3.05) is 11.9 Å². The average Bonchev–Trinajstić information content (AvgIpc) is 2.89. The van der Waals surface area contributed by atoms with Gasteiger partial charge in [-0.25, -0.2) is 4.98 Å². The van der Waals surface area contributed by atoms with Crippen molar-refractivity contribution in [3.8, 4) is 0 Å². The molecule has 0 aliphatic heterocycles. The Hall–Kier alpha value is -0.940. The highest BCUT2D eigenvalue weighted by atomic mass is 32.1. The summed E-state index contributed by atoms with van der Waals surface area (Å²) in [6, 6.07) is 0. The molecular weight excluding hydrogens is 246 g/mol. The van der Waals surface area contributed by atoms with Crippen molar-refractivity contribution in [3.63, 3.8) is 0 Å². The van der Waals surface area contributed by atoms with Gasteiger partial charge < -0.3 is 11.1 Å². The monoisotopic (exact) mass is 267 g/mol. The van der Waals surface area contributed by atoms with Gasteiger partial charge in [0.2, 0.25) is 5.91 Å². The highest BCUT2D eigenvalue weighted by Gasteiger charge is 2.17. The molecule has 0 spiro atoms. The minimum absolute atomic E-state index is 0.0928. The van der Waals surface area contributed by atoms with E-state index in [9.17, 15) is 4.79 Å². The summed E-state index contributed by atoms with van der Waals surface area (Å²) in [5.41, 5.74) is 6.61. The SMILES string of the molecule is NCCCCCCC(=O)Nc1nc2c(s1)CCC2. The number of fused-ring (bicyclic) bond motifs is 1. The Kier molecular flexibility index (Phi) is 5.13. The number of nitrogens with one attached hydrogen (secondary N) is 1. The predicted molar refractivity (Wildman–Crippen MR) is 74.9 cm³/mol. The van der Waals surface area contributed by atoms with E-state index in [1.54, 1.807) is 11.3 Å². The van der Waals surface area contributed by atoms with Crippen molar-refractivity contribution in [3.05, 3.63) is 10.6 Å². The maximum absolute atomic E-state index is 11.7. The number of carbonyl (C=O) groups excluding carboxylic acids is 1. The first-order valence-corrected chi connectivity index (χ1v) is 7.59. The molecule has 1 aliphatic rings. The molecule has 100 valence electrons. The molecule has 1 amide bonds. The van der Waals surface area contributed by atoms with Crippen LogP contribution in [-0.2, 0) is 17.6 Å². The Balaban J connectivity index is 1.67. The van der Waals surface area contributed by atoms with E-state index >= 15 is 0 Å². The zero-order valence-electron chi connectivity index (χ0n) is 10.7. The Labute approximate surface area is 112 Å². The number of anilines is 1. The summed E-state index contributed by atoms with van der Waals surface area (Å²) in [7, 11) is 0. The van der Waals surface area contributed by atoms with Gasteiger partial charge >= 0.3 is 0 Å². The van der Waals surface area contributed by atoms with Crippen LogP contribution < -0.4 is 11.1 Å². The van der Waals surface area contributed by atoms with Gasteiger partial charge in [0, 0.05) is 11.3 Å². The lowest BCUT2D eigenvalue weighted by molar-refractivity contribution is -0.116. The maximum Gasteiger partial charge on any atom is 0.226 e. The van der Waals surface area contributed by atoms with Gasteiger partial charge in [0.15, 0.2) is 5.13 Å². The van der Waals surface area contributed by atoms with Gasteiger partial charge in [-0.2, -0.15) is 0 Å². The van der Waals surface area contributed by atoms with Crippen LogP contribution in [0.2, 0.25) is 0 Å². The van der Waals surface area contributed by atoms with E-state index in [1.165, 1.54) is 17.0 Å². The first-order valence-electron chi connectivity index (χ1n) is 6.78. The molecule has 1 aromatic rings. The summed E-state index contributed by atoms with van der Waals surface area (Å²) >= 11 is 1.64. The van der Waals surface area contributed by atoms with Gasteiger partial charge in [-0.05, 0) is 38.6 Å². The second-order valence-corrected chi connectivity index (χ2v) is 5.83. The summed E-state index contributed by atoms with van der Waals surface area (Å²) < 4.78 is 0. The first-order chi connectivity index (χ1) is 8.79. The number of carbonyl (C=O) groups is 1. The van der Waals surface area contributed by atoms with Gasteiger partial charge in [-0.15, -0.1) is 11.3 Å². The predicted octanol–water partition coefficient (Wildman–Crippen LogP) is 2.48. The number of aromatic nitrogens is 1. The Morgan fingerprint density at radius 1 is 1.28 bits per heavy atom. The number of aryl methyl sites for hydroxylation is 2. The molecule has 2 rings (SSSR count). The quantitative estimate of drug-likeness (QED) is 0.746. The van der Waals surface area contributed by atoms with E-state index in [0.29, 0.717) is 6.42 Å². The molecule has 0 radical (unpaired) electrons. The van der Waals surface area contributed by atoms with Crippen molar-refractivity contribution in [2.24, 2.45) is 5.73 Å². The van der Waals surface area contributed by atoms with Crippen LogP contribution in [0.15, 0.2) is 0 Å². The van der Waals surface area contributed by atoms with E-state index in [-0.39, 0.29) is 5.91 Å². The second-order valence-electron chi connectivity index (χ2n) is 4.74. The number of amides is 1. The topological polar surface area (TPSA) is 68.0 Å². The summed E-state index contributed by atoms with van der Waals surface area (Å²) in [6.07, 6.45) is 8.20. The molecule has 0 aromatic carbocycles. The largest absolute Gasteiger partial charge is 0.330 e. The average molecular weight is 267 g/mol. The van der Waals surface area contributed by atoms with Crippen molar-refractivity contribution in [1.29, 1.82) is 0 Å². The Bertz CT molecular complexity index is 381. The standard InChI is InChI=1S/C13H21N3OS/c14-9-4-2-1-3-8-12(17)16-13-15-10-6-5-7-11(10)18-13/h1-9,14H2,(H,15,16,17). The number of thiazole rings is 1. The smallest absolute Gasteiger partial charge is 0.226 e. The third-order valence-corrected chi connectivity index (χ3v) is 4.27. The van der Waals surface area contributed by atoms with Gasteiger partial charge in [0.05, 0.1) is 5.69 Å². The molecule has 4 nitrogen and oxygen atoms in total. The molecule has 0 saturated carbocycles. The highest BCUT2D eigenvalue weighted by Crippen LogP contribution is 2.30. The van der Waals surface area contributed by atoms with Crippen LogP contribution in [0.3, 0.4) is 0 Å². The molecule has 1 heterocycles. The van der Waals surface area contributed by atoms with Crippen LogP contribution in [0.4, 0.5) is 5.13 Å². The third kappa shape index (κ3) is 3.78. The molecule has 0 saturated heterocycles. The molecule has 0 unspecified atom stereocenters. The van der Waals surface area contributed by atoms with Gasteiger partial charge in [-0.3, -0.25) is 4.79 Å². The lowest BCUT2D eigenvalue weighted by Crippen LogP contribution is -2.11. The summed E-state index contributed by atoms with van der Waals surface area (Å²) in [4.78, 5) is 17.5. The molecule has 3 N–H and O–H groups in total. The zero-order chi connectivity index (χ0) is 12.8. The Morgan fingerprint density at radius 2 is 2.11 bits per heavy atom. The summed E-state index contributed by atoms with van der Waals surface area (Å²) in [5.74, 6) is 0.0928. The van der Waals surface area contributed by atoms with Crippen LogP contribution in [-0.4, -0.2) is 17.4 Å². The van der Waals surface area contributed by atoms with E-state index in [0.717, 1.165) is 50.2 Å². The fourth-order valence-electron chi connectivity index (χ4n) is 2.21. The van der Waals surface area contributed by atoms with Crippen molar-refractivity contribution >= 4 is 22.4 Å². The Morgan fingerprint density at radius 3 is 2.89 bits per heavy atom. The minimum atomic E-state index is 0.0928. The molecule has 18 heavy (non-hydrogen) atoms. The molecule has 0 fully saturated rings. The number of hydrogen-bond donors (Lipinski definition) is 2. The van der Waals surface area contributed by atoms with Crippen LogP contribution in [0, 0.1) is 0 Å². The molecule has 1 aliphatic carbocycles. The lowest BCUT2D eigenvalue weighted by Gasteiger charge is -2.01. The molecular formula is C13H21N3OS. The van der Waals surface area contributed by atoms with Crippen molar-refractivity contribution < 1.29 is 4.79 Å². The van der Waals surface area contributed by atoms with Gasteiger partial charge in [0.25, 0.3) is 0 Å². The van der Waals surface area contributed by atoms with Gasteiger partial charge in [-0.1, -0.05) is 12.8 Å². The van der Waals surface area contributed by atoms with Gasteiger partial charge in [0.1, 0.15) is 0 Å². The zero-order valence-corrected chi connectivity index (χ0v) is 11.5. The van der Waals surface area contributed by atoms with Crippen LogP contribution in [0.25, 0.3) is 0 Å². The van der Waals surface area contributed by atoms with E-state index in [1.807, 2.05) is 0 Å². The van der Waals surface area contributed by atoms with Crippen LogP contribution >= 0.6 is 11.3 Å². The second kappa shape index (κ2) is 6.85. The van der Waals surface area contributed by atoms with E-state index in [2.05, 4.69) is 10.3 Å². The van der Waals surface area contributed by atoms with Crippen LogP contribution in [0.1, 0.15) is 49.1 Å². The molecule has 0 atom stereocenters.